The van der Waals surface area contributed by atoms with Crippen LogP contribution in [0.25, 0.3) is 0 Å². The molecule has 0 saturated carbocycles. The number of methoxy groups -OCH3 is 1. The fraction of sp³-hybridized carbons (Fsp3) is 0.391. The highest BCUT2D eigenvalue weighted by Crippen LogP contribution is 2.37. The van der Waals surface area contributed by atoms with Crippen molar-refractivity contribution < 1.29 is 14.3 Å². The number of amides is 1. The molecule has 6 nitrogen and oxygen atoms in total. The van der Waals surface area contributed by atoms with Crippen LogP contribution in [0.5, 0.6) is 11.5 Å². The molecule has 1 saturated heterocycles. The molecule has 8 heteroatoms. The molecule has 2 aromatic carbocycles. The average molecular weight is 506 g/mol. The number of hydrogen-bond donors (Lipinski definition) is 1. The normalized spacial score (nSPS) is 14.3. The van der Waals surface area contributed by atoms with E-state index in [1.807, 2.05) is 43.3 Å². The number of carbonyl (C=O) groups excluding carboxylic acids is 1. The summed E-state index contributed by atoms with van der Waals surface area (Å²) in [6, 6.07) is 11.4. The second-order valence-electron chi connectivity index (χ2n) is 7.42. The van der Waals surface area contributed by atoms with Gasteiger partial charge in [0.1, 0.15) is 4.99 Å². The van der Waals surface area contributed by atoms with E-state index >= 15 is 0 Å². The number of carbonyl (C=O) groups is 1. The number of anilines is 1. The van der Waals surface area contributed by atoms with Crippen LogP contribution >= 0.6 is 28.1 Å². The number of halogens is 1. The summed E-state index contributed by atoms with van der Waals surface area (Å²) < 4.78 is 12.0. The van der Waals surface area contributed by atoms with Crippen LogP contribution < -0.4 is 14.8 Å². The van der Waals surface area contributed by atoms with E-state index in [9.17, 15) is 4.79 Å². The predicted octanol–water partition coefficient (Wildman–Crippen LogP) is 4.10. The van der Waals surface area contributed by atoms with E-state index in [1.165, 1.54) is 0 Å². The summed E-state index contributed by atoms with van der Waals surface area (Å²) in [7, 11) is 1.58. The van der Waals surface area contributed by atoms with Crippen LogP contribution in [0.3, 0.4) is 0 Å². The Morgan fingerprint density at radius 1 is 1.19 bits per heavy atom. The lowest BCUT2D eigenvalue weighted by Gasteiger charge is -2.35. The van der Waals surface area contributed by atoms with Gasteiger partial charge in [0.05, 0.1) is 11.6 Å². The number of hydrogen-bond acceptors (Lipinski definition) is 5. The molecule has 2 aromatic rings. The zero-order valence-electron chi connectivity index (χ0n) is 18.1. The Balaban J connectivity index is 1.66. The number of aryl methyl sites for hydroxylation is 1. The van der Waals surface area contributed by atoms with Gasteiger partial charge in [-0.2, -0.15) is 0 Å². The molecule has 1 aliphatic rings. The van der Waals surface area contributed by atoms with Crippen LogP contribution in [0.2, 0.25) is 0 Å². The smallest absolute Gasteiger partial charge is 0.262 e. The molecular weight excluding hydrogens is 478 g/mol. The fourth-order valence-electron chi connectivity index (χ4n) is 3.49. The third kappa shape index (κ3) is 6.18. The molecule has 0 unspecified atom stereocenters. The van der Waals surface area contributed by atoms with Gasteiger partial charge in [0.25, 0.3) is 5.91 Å². The Labute approximate surface area is 197 Å². The number of rotatable bonds is 7. The van der Waals surface area contributed by atoms with E-state index in [0.717, 1.165) is 54.5 Å². The van der Waals surface area contributed by atoms with Gasteiger partial charge in [-0.05, 0) is 59.2 Å². The lowest BCUT2D eigenvalue weighted by atomic mass is 10.1. The number of likely N-dealkylation sites (N-methyl/N-ethyl adjacent to an activating group) is 1. The first-order valence-corrected chi connectivity index (χ1v) is 11.5. The van der Waals surface area contributed by atoms with Gasteiger partial charge in [0.15, 0.2) is 18.1 Å². The molecular formula is C23H28BrN3O3S. The van der Waals surface area contributed by atoms with E-state index in [0.29, 0.717) is 16.0 Å². The Morgan fingerprint density at radius 2 is 1.94 bits per heavy atom. The zero-order valence-corrected chi connectivity index (χ0v) is 20.5. The second-order valence-corrected chi connectivity index (χ2v) is 8.66. The third-order valence-corrected chi connectivity index (χ3v) is 6.32. The van der Waals surface area contributed by atoms with Gasteiger partial charge in [-0.25, -0.2) is 0 Å². The van der Waals surface area contributed by atoms with E-state index < -0.39 is 0 Å². The van der Waals surface area contributed by atoms with Crippen LogP contribution in [-0.2, 0) is 4.79 Å². The zero-order chi connectivity index (χ0) is 22.4. The number of thiocarbonyl (C=S) groups is 1. The number of nitrogens with zero attached hydrogens (tertiary/aromatic N) is 2. The van der Waals surface area contributed by atoms with Crippen molar-refractivity contribution in [3.8, 4) is 11.5 Å². The highest BCUT2D eigenvalue weighted by Gasteiger charge is 2.21. The molecule has 1 aliphatic heterocycles. The summed E-state index contributed by atoms with van der Waals surface area (Å²) in [4.78, 5) is 17.7. The maximum absolute atomic E-state index is 12.3. The summed E-state index contributed by atoms with van der Waals surface area (Å²) in [6.07, 6.45) is 0. The molecule has 1 amide bonds. The first kappa shape index (κ1) is 23.5. The predicted molar refractivity (Wildman–Crippen MR) is 131 cm³/mol. The van der Waals surface area contributed by atoms with Gasteiger partial charge in [0.2, 0.25) is 0 Å². The highest BCUT2D eigenvalue weighted by molar-refractivity contribution is 9.10. The molecule has 31 heavy (non-hydrogen) atoms. The second kappa shape index (κ2) is 10.9. The van der Waals surface area contributed by atoms with Crippen molar-refractivity contribution >= 4 is 44.7 Å². The van der Waals surface area contributed by atoms with Crippen molar-refractivity contribution in [3.05, 3.63) is 52.0 Å². The Morgan fingerprint density at radius 3 is 2.58 bits per heavy atom. The quantitative estimate of drug-likeness (QED) is 0.571. The minimum atomic E-state index is -0.243. The van der Waals surface area contributed by atoms with E-state index in [4.69, 9.17) is 21.7 Å². The lowest BCUT2D eigenvalue weighted by Crippen LogP contribution is -2.48. The SMILES string of the molecule is CCN1CCN(C(=S)c2cc(Br)c(OCC(=O)Nc3cccc(C)c3)c(OC)c2)CC1. The first-order valence-electron chi connectivity index (χ1n) is 10.3. The Bertz CT molecular complexity index is 946. The summed E-state index contributed by atoms with van der Waals surface area (Å²) in [5.74, 6) is 0.763. The molecule has 0 aliphatic carbocycles. The number of benzene rings is 2. The number of piperazine rings is 1. The van der Waals surface area contributed by atoms with Crippen LogP contribution in [0.15, 0.2) is 40.9 Å². The lowest BCUT2D eigenvalue weighted by molar-refractivity contribution is -0.118. The molecule has 0 aromatic heterocycles. The Kier molecular flexibility index (Phi) is 8.28. The minimum Gasteiger partial charge on any atom is -0.493 e. The summed E-state index contributed by atoms with van der Waals surface area (Å²) in [5.41, 5.74) is 2.70. The maximum Gasteiger partial charge on any atom is 0.262 e. The molecule has 166 valence electrons. The average Bonchev–Trinajstić information content (AvgIpc) is 2.77. The van der Waals surface area contributed by atoms with Gasteiger partial charge in [0, 0.05) is 37.4 Å². The van der Waals surface area contributed by atoms with Crippen molar-refractivity contribution in [2.75, 3.05) is 51.8 Å². The summed E-state index contributed by atoms with van der Waals surface area (Å²) in [5, 5.41) is 2.84. The van der Waals surface area contributed by atoms with E-state index in [1.54, 1.807) is 7.11 Å². The van der Waals surface area contributed by atoms with Crippen molar-refractivity contribution in [2.24, 2.45) is 0 Å². The minimum absolute atomic E-state index is 0.133. The topological polar surface area (TPSA) is 54.0 Å². The van der Waals surface area contributed by atoms with Crippen LogP contribution in [0, 0.1) is 6.92 Å². The molecule has 3 rings (SSSR count). The Hall–Kier alpha value is -2.16. The van der Waals surface area contributed by atoms with Gasteiger partial charge in [-0.1, -0.05) is 31.3 Å². The maximum atomic E-state index is 12.3. The monoisotopic (exact) mass is 505 g/mol. The van der Waals surface area contributed by atoms with Gasteiger partial charge in [-0.15, -0.1) is 0 Å². The van der Waals surface area contributed by atoms with Gasteiger partial charge >= 0.3 is 0 Å². The van der Waals surface area contributed by atoms with Crippen molar-refractivity contribution in [3.63, 3.8) is 0 Å². The molecule has 1 fully saturated rings. The van der Waals surface area contributed by atoms with Crippen LogP contribution in [-0.4, -0.2) is 67.1 Å². The van der Waals surface area contributed by atoms with E-state index in [-0.39, 0.29) is 12.5 Å². The highest BCUT2D eigenvalue weighted by atomic mass is 79.9. The van der Waals surface area contributed by atoms with Crippen LogP contribution in [0.4, 0.5) is 5.69 Å². The van der Waals surface area contributed by atoms with Crippen molar-refractivity contribution in [1.82, 2.24) is 9.80 Å². The third-order valence-electron chi connectivity index (χ3n) is 5.23. The van der Waals surface area contributed by atoms with Gasteiger partial charge < -0.3 is 24.6 Å². The van der Waals surface area contributed by atoms with Crippen molar-refractivity contribution in [1.29, 1.82) is 0 Å². The number of nitrogens with one attached hydrogen (secondary N) is 1. The first-order chi connectivity index (χ1) is 14.9. The molecule has 1 N–H and O–H groups in total. The molecule has 0 atom stereocenters. The fourth-order valence-corrected chi connectivity index (χ4v) is 4.35. The molecule has 0 spiro atoms. The van der Waals surface area contributed by atoms with Crippen molar-refractivity contribution in [2.45, 2.75) is 13.8 Å². The summed E-state index contributed by atoms with van der Waals surface area (Å²) >= 11 is 9.30. The standard InChI is InChI=1S/C23H28BrN3O3S/c1-4-26-8-10-27(11-9-26)23(31)17-13-19(24)22(20(14-17)29-3)30-15-21(28)25-18-7-5-6-16(2)12-18/h5-7,12-14H,4,8-11,15H2,1-3H3,(H,25,28). The summed E-state index contributed by atoms with van der Waals surface area (Å²) in [6.45, 7) is 8.90. The largest absolute Gasteiger partial charge is 0.493 e. The number of ether oxygens (including phenoxy) is 2. The molecule has 0 radical (unpaired) electrons. The molecule has 1 heterocycles. The molecule has 0 bridgehead atoms. The van der Waals surface area contributed by atoms with Crippen LogP contribution in [0.1, 0.15) is 18.1 Å². The van der Waals surface area contributed by atoms with E-state index in [2.05, 4.69) is 38.0 Å². The van der Waals surface area contributed by atoms with Gasteiger partial charge in [-0.3, -0.25) is 4.79 Å².